The van der Waals surface area contributed by atoms with Gasteiger partial charge in [0.15, 0.2) is 15.6 Å². The van der Waals surface area contributed by atoms with E-state index in [4.69, 9.17) is 4.55 Å². The summed E-state index contributed by atoms with van der Waals surface area (Å²) in [6.45, 7) is 0.209. The Hall–Kier alpha value is -3.57. The van der Waals surface area contributed by atoms with E-state index >= 15 is 0 Å². The van der Waals surface area contributed by atoms with Crippen LogP contribution in [0.5, 0.6) is 5.75 Å². The first kappa shape index (κ1) is 32.0. The number of phenols is 1. The number of carbonyl (C=O) groups excluding carboxylic acids is 1. The Labute approximate surface area is 232 Å². The Kier molecular flexibility index (Phi) is 8.86. The number of nitrogens with zero attached hydrogens (tertiary/aromatic N) is 2. The Morgan fingerprint density at radius 3 is 1.95 bits per heavy atom. The molecule has 222 valence electrons. The lowest BCUT2D eigenvalue weighted by atomic mass is 10.1. The molecule has 17 nitrogen and oxygen atoms in total. The first-order valence-corrected chi connectivity index (χ1v) is 16.5. The molecule has 0 aromatic heterocycles. The summed E-state index contributed by atoms with van der Waals surface area (Å²) in [7, 11) is -19.2. The number of hydrogen-bond acceptors (Lipinski definition) is 13. The number of anilines is 1. The number of nitrogens with one attached hydrogen (secondary N) is 1. The second-order valence-corrected chi connectivity index (χ2v) is 14.0. The molecular weight excluding hydrogens is 634 g/mol. The van der Waals surface area contributed by atoms with E-state index in [1.807, 2.05) is 0 Å². The van der Waals surface area contributed by atoms with Gasteiger partial charge in [0.05, 0.1) is 34.0 Å². The number of aromatic hydroxyl groups is 1. The van der Waals surface area contributed by atoms with Gasteiger partial charge in [-0.25, -0.2) is 12.6 Å². The Morgan fingerprint density at radius 2 is 1.44 bits per heavy atom. The number of amides is 1. The summed E-state index contributed by atoms with van der Waals surface area (Å²) in [6, 6.07) is 6.62. The van der Waals surface area contributed by atoms with Gasteiger partial charge >= 0.3 is 10.4 Å². The van der Waals surface area contributed by atoms with Gasteiger partial charge < -0.3 is 10.4 Å². The molecule has 0 atom stereocenters. The van der Waals surface area contributed by atoms with Crippen LogP contribution in [0.25, 0.3) is 10.8 Å². The van der Waals surface area contributed by atoms with Gasteiger partial charge in [-0.05, 0) is 42.5 Å². The molecule has 5 N–H and O–H groups in total. The molecular formula is C20H19N3O14S4. The molecule has 0 saturated heterocycles. The van der Waals surface area contributed by atoms with Crippen LogP contribution in [0.4, 0.5) is 17.1 Å². The highest BCUT2D eigenvalue weighted by molar-refractivity contribution is 7.91. The fraction of sp³-hybridized carbons (Fsp3) is 0.150. The predicted octanol–water partition coefficient (Wildman–Crippen LogP) is 2.01. The molecule has 1 amide bonds. The standard InChI is InChI=1S/C20H19N3O14S4/c1-11(24)21-15-6-7-16(39(28,29)30)14-10-17(40(31,32)33)19(20(25)18(14)15)23-22-12-2-4-13(5-3-12)38(26,27)9-8-37-41(34,35)36/h2-7,10,25H,8-9H2,1H3,(H,21,24)(H,28,29,30)(H,31,32,33)(H,34,35,36). The summed E-state index contributed by atoms with van der Waals surface area (Å²) in [4.78, 5) is 9.33. The van der Waals surface area contributed by atoms with Crippen LogP contribution in [0.1, 0.15) is 6.92 Å². The number of benzene rings is 3. The maximum Gasteiger partial charge on any atom is 0.397 e. The topological polar surface area (TPSA) is 281 Å². The number of azo groups is 1. The smallest absolute Gasteiger partial charge is 0.397 e. The van der Waals surface area contributed by atoms with Gasteiger partial charge in [-0.1, -0.05) is 0 Å². The highest BCUT2D eigenvalue weighted by atomic mass is 32.3. The molecule has 0 fully saturated rings. The van der Waals surface area contributed by atoms with E-state index < -0.39 is 90.7 Å². The number of phenolic OH excluding ortho intramolecular Hbond substituents is 1. The van der Waals surface area contributed by atoms with Gasteiger partial charge in [0.25, 0.3) is 20.2 Å². The average molecular weight is 654 g/mol. The molecule has 0 unspecified atom stereocenters. The third kappa shape index (κ3) is 7.80. The van der Waals surface area contributed by atoms with Gasteiger partial charge in [-0.3, -0.25) is 18.5 Å². The highest BCUT2D eigenvalue weighted by Crippen LogP contribution is 2.46. The summed E-state index contributed by atoms with van der Waals surface area (Å²) in [6.07, 6.45) is 0. The Bertz CT molecular complexity index is 2010. The lowest BCUT2D eigenvalue weighted by Gasteiger charge is -2.14. The van der Waals surface area contributed by atoms with Crippen molar-refractivity contribution in [3.8, 4) is 5.75 Å². The summed E-state index contributed by atoms with van der Waals surface area (Å²) >= 11 is 0. The molecule has 21 heteroatoms. The van der Waals surface area contributed by atoms with Crippen molar-refractivity contribution < 1.29 is 61.4 Å². The molecule has 0 aliphatic carbocycles. The van der Waals surface area contributed by atoms with Crippen molar-refractivity contribution in [1.82, 2.24) is 0 Å². The van der Waals surface area contributed by atoms with Crippen molar-refractivity contribution >= 4 is 74.2 Å². The van der Waals surface area contributed by atoms with E-state index in [1.54, 1.807) is 0 Å². The third-order valence-corrected chi connectivity index (χ3v) is 9.03. The SMILES string of the molecule is CC(=O)Nc1ccc(S(=O)(=O)O)c2cc(S(=O)(=O)O)c(N=Nc3ccc(S(=O)(=O)CCOS(=O)(=O)O)cc3)c(O)c12. The largest absolute Gasteiger partial charge is 0.505 e. The van der Waals surface area contributed by atoms with Crippen molar-refractivity contribution in [1.29, 1.82) is 0 Å². The van der Waals surface area contributed by atoms with Crippen LogP contribution in [-0.2, 0) is 49.5 Å². The number of hydrogen-bond donors (Lipinski definition) is 5. The molecule has 0 saturated carbocycles. The highest BCUT2D eigenvalue weighted by Gasteiger charge is 2.27. The maximum absolute atomic E-state index is 12.3. The Balaban J connectivity index is 2.14. The average Bonchev–Trinajstić information content (AvgIpc) is 2.80. The second-order valence-electron chi connectivity index (χ2n) is 8.00. The molecule has 3 aromatic carbocycles. The number of rotatable bonds is 10. The number of carbonyl (C=O) groups is 1. The van der Waals surface area contributed by atoms with Crippen molar-refractivity contribution in [3.63, 3.8) is 0 Å². The number of sulfone groups is 1. The molecule has 41 heavy (non-hydrogen) atoms. The minimum atomic E-state index is -5.22. The second kappa shape index (κ2) is 11.4. The van der Waals surface area contributed by atoms with Crippen LogP contribution in [0.15, 0.2) is 67.4 Å². The first-order valence-electron chi connectivity index (χ1n) is 10.6. The molecule has 3 rings (SSSR count). The molecule has 0 aliphatic heterocycles. The van der Waals surface area contributed by atoms with Gasteiger partial charge in [0, 0.05) is 12.3 Å². The van der Waals surface area contributed by atoms with Crippen LogP contribution < -0.4 is 5.32 Å². The van der Waals surface area contributed by atoms with Crippen LogP contribution in [0.3, 0.4) is 0 Å². The maximum atomic E-state index is 12.3. The fourth-order valence-corrected chi connectivity index (χ4v) is 6.26. The van der Waals surface area contributed by atoms with E-state index in [2.05, 4.69) is 19.7 Å². The zero-order chi connectivity index (χ0) is 31.0. The van der Waals surface area contributed by atoms with E-state index in [-0.39, 0.29) is 16.3 Å². The van der Waals surface area contributed by atoms with Crippen molar-refractivity contribution in [3.05, 3.63) is 42.5 Å². The third-order valence-electron chi connectivity index (χ3n) is 5.09. The summed E-state index contributed by atoms with van der Waals surface area (Å²) < 4.78 is 126. The van der Waals surface area contributed by atoms with E-state index in [1.165, 1.54) is 0 Å². The molecule has 0 radical (unpaired) electrons. The van der Waals surface area contributed by atoms with Crippen molar-refractivity contribution in [2.45, 2.75) is 21.6 Å². The Morgan fingerprint density at radius 1 is 0.854 bits per heavy atom. The summed E-state index contributed by atoms with van der Waals surface area (Å²) in [5.41, 5.74) is -1.24. The predicted molar refractivity (Wildman–Crippen MR) is 140 cm³/mol. The molecule has 0 bridgehead atoms. The first-order chi connectivity index (χ1) is 18.7. The minimum Gasteiger partial charge on any atom is -0.505 e. The monoisotopic (exact) mass is 653 g/mol. The molecule has 0 spiro atoms. The zero-order valence-electron chi connectivity index (χ0n) is 20.4. The summed E-state index contributed by atoms with van der Waals surface area (Å²) in [5, 5.41) is 19.5. The zero-order valence-corrected chi connectivity index (χ0v) is 23.6. The minimum absolute atomic E-state index is 0.118. The van der Waals surface area contributed by atoms with Gasteiger partial charge in [0.2, 0.25) is 5.91 Å². The molecule has 0 heterocycles. The fourth-order valence-electron chi connectivity index (χ4n) is 3.44. The van der Waals surface area contributed by atoms with Crippen LogP contribution in [0, 0.1) is 0 Å². The van der Waals surface area contributed by atoms with Crippen LogP contribution >= 0.6 is 0 Å². The normalized spacial score (nSPS) is 13.1. The van der Waals surface area contributed by atoms with Gasteiger partial charge in [-0.2, -0.15) is 30.4 Å². The van der Waals surface area contributed by atoms with Crippen LogP contribution in [-0.4, -0.2) is 70.7 Å². The van der Waals surface area contributed by atoms with Crippen molar-refractivity contribution in [2.24, 2.45) is 10.2 Å². The van der Waals surface area contributed by atoms with E-state index in [0.717, 1.165) is 43.3 Å². The number of fused-ring (bicyclic) bond motifs is 1. The lowest BCUT2D eigenvalue weighted by molar-refractivity contribution is -0.114. The van der Waals surface area contributed by atoms with Gasteiger partial charge in [0.1, 0.15) is 15.5 Å². The van der Waals surface area contributed by atoms with Crippen molar-refractivity contribution in [2.75, 3.05) is 17.7 Å². The van der Waals surface area contributed by atoms with E-state index in [9.17, 15) is 52.7 Å². The van der Waals surface area contributed by atoms with Gasteiger partial charge in [-0.15, -0.1) is 5.11 Å². The summed E-state index contributed by atoms with van der Waals surface area (Å²) in [5.74, 6) is -2.56. The quantitative estimate of drug-likeness (QED) is 0.155. The molecule has 0 aliphatic rings. The molecule has 3 aromatic rings. The van der Waals surface area contributed by atoms with Crippen LogP contribution in [0.2, 0.25) is 0 Å². The van der Waals surface area contributed by atoms with E-state index in [0.29, 0.717) is 6.07 Å². The lowest BCUT2D eigenvalue weighted by Crippen LogP contribution is -2.15.